The molecule has 0 N–H and O–H groups in total. The maximum Gasteiger partial charge on any atom is 0.346 e. The zero-order valence-corrected chi connectivity index (χ0v) is 16.4. The number of esters is 1. The summed E-state index contributed by atoms with van der Waals surface area (Å²) in [5.41, 5.74) is 3.26. The Hall–Kier alpha value is -2.30. The molecule has 1 aliphatic rings. The van der Waals surface area contributed by atoms with E-state index in [0.717, 1.165) is 60.6 Å². The van der Waals surface area contributed by atoms with Crippen molar-refractivity contribution >= 4 is 16.9 Å². The van der Waals surface area contributed by atoms with Gasteiger partial charge in [0.05, 0.1) is 7.11 Å². The summed E-state index contributed by atoms with van der Waals surface area (Å²) in [5.74, 6) is 0.167. The first-order valence-electron chi connectivity index (χ1n) is 9.91. The standard InChI is InChI=1S/C22H28O5/c1-4-5-6-7-9-15-12-18-16-10-8-11-17(16)22(24)27-20(18)13-19(15)26-14(2)21(23)25-3/h12-14H,4-11H2,1-3H3/t14-/m1/s1. The van der Waals surface area contributed by atoms with E-state index in [1.54, 1.807) is 13.0 Å². The molecule has 0 spiro atoms. The van der Waals surface area contributed by atoms with Gasteiger partial charge in [-0.25, -0.2) is 9.59 Å². The van der Waals surface area contributed by atoms with E-state index >= 15 is 0 Å². The molecule has 0 saturated carbocycles. The Morgan fingerprint density at radius 2 is 1.96 bits per heavy atom. The van der Waals surface area contributed by atoms with Crippen LogP contribution in [0.2, 0.25) is 0 Å². The average Bonchev–Trinajstić information content (AvgIpc) is 3.16. The Balaban J connectivity index is 2.00. The molecule has 0 radical (unpaired) electrons. The summed E-state index contributed by atoms with van der Waals surface area (Å²) in [4.78, 5) is 24.0. The van der Waals surface area contributed by atoms with Gasteiger partial charge in [0.25, 0.3) is 0 Å². The largest absolute Gasteiger partial charge is 0.479 e. The van der Waals surface area contributed by atoms with Crippen LogP contribution in [0.15, 0.2) is 21.3 Å². The number of rotatable bonds is 8. The van der Waals surface area contributed by atoms with E-state index in [2.05, 4.69) is 13.0 Å². The van der Waals surface area contributed by atoms with Crippen LogP contribution >= 0.6 is 0 Å². The molecule has 5 nitrogen and oxygen atoms in total. The van der Waals surface area contributed by atoms with Crippen molar-refractivity contribution in [2.45, 2.75) is 71.3 Å². The minimum Gasteiger partial charge on any atom is -0.479 e. The van der Waals surface area contributed by atoms with Crippen LogP contribution < -0.4 is 10.4 Å². The van der Waals surface area contributed by atoms with Crippen molar-refractivity contribution in [3.8, 4) is 5.75 Å². The van der Waals surface area contributed by atoms with Gasteiger partial charge in [0.15, 0.2) is 6.10 Å². The molecule has 0 unspecified atom stereocenters. The lowest BCUT2D eigenvalue weighted by Gasteiger charge is -2.17. The van der Waals surface area contributed by atoms with Crippen LogP contribution in [0.25, 0.3) is 11.0 Å². The summed E-state index contributed by atoms with van der Waals surface area (Å²) in [5, 5.41) is 1.01. The van der Waals surface area contributed by atoms with E-state index in [9.17, 15) is 9.59 Å². The summed E-state index contributed by atoms with van der Waals surface area (Å²) in [7, 11) is 1.34. The van der Waals surface area contributed by atoms with Crippen molar-refractivity contribution in [2.24, 2.45) is 0 Å². The van der Waals surface area contributed by atoms with Crippen molar-refractivity contribution in [3.05, 3.63) is 39.2 Å². The number of hydrogen-bond donors (Lipinski definition) is 0. The fourth-order valence-corrected chi connectivity index (χ4v) is 3.81. The molecular formula is C22H28O5. The van der Waals surface area contributed by atoms with E-state index in [0.29, 0.717) is 11.3 Å². The first kappa shape index (κ1) is 19.5. The smallest absolute Gasteiger partial charge is 0.346 e. The van der Waals surface area contributed by atoms with E-state index in [1.165, 1.54) is 20.0 Å². The highest BCUT2D eigenvalue weighted by molar-refractivity contribution is 5.84. The van der Waals surface area contributed by atoms with Crippen LogP contribution in [0.3, 0.4) is 0 Å². The minimum atomic E-state index is -0.719. The molecule has 2 aromatic rings. The van der Waals surface area contributed by atoms with E-state index in [-0.39, 0.29) is 5.63 Å². The molecule has 0 bridgehead atoms. The predicted octanol–water partition coefficient (Wildman–Crippen LogP) is 4.34. The van der Waals surface area contributed by atoms with Crippen LogP contribution in [0.4, 0.5) is 0 Å². The second kappa shape index (κ2) is 8.59. The lowest BCUT2D eigenvalue weighted by molar-refractivity contribution is -0.147. The first-order valence-corrected chi connectivity index (χ1v) is 9.91. The van der Waals surface area contributed by atoms with Crippen LogP contribution in [0.5, 0.6) is 5.75 Å². The average molecular weight is 372 g/mol. The molecule has 1 aromatic heterocycles. The van der Waals surface area contributed by atoms with Crippen LogP contribution in [-0.4, -0.2) is 19.2 Å². The first-order chi connectivity index (χ1) is 13.0. The Bertz CT molecular complexity index is 880. The van der Waals surface area contributed by atoms with E-state index < -0.39 is 12.1 Å². The zero-order chi connectivity index (χ0) is 19.4. The third kappa shape index (κ3) is 4.18. The number of aryl methyl sites for hydroxylation is 2. The van der Waals surface area contributed by atoms with Gasteiger partial charge in [-0.3, -0.25) is 0 Å². The van der Waals surface area contributed by atoms with Crippen LogP contribution in [0.1, 0.15) is 62.6 Å². The number of hydrogen-bond acceptors (Lipinski definition) is 5. The van der Waals surface area contributed by atoms with Gasteiger partial charge in [0.2, 0.25) is 0 Å². The number of fused-ring (bicyclic) bond motifs is 3. The Morgan fingerprint density at radius 1 is 1.19 bits per heavy atom. The highest BCUT2D eigenvalue weighted by Crippen LogP contribution is 2.33. The second-order valence-electron chi connectivity index (χ2n) is 7.25. The SMILES string of the molecule is CCCCCCc1cc2c3c(c(=O)oc2cc1O[C@H](C)C(=O)OC)CCC3. The summed E-state index contributed by atoms with van der Waals surface area (Å²) in [6, 6.07) is 3.86. The lowest BCUT2D eigenvalue weighted by atomic mass is 10.00. The summed E-state index contributed by atoms with van der Waals surface area (Å²) < 4.78 is 16.2. The van der Waals surface area contributed by atoms with E-state index in [1.807, 2.05) is 0 Å². The van der Waals surface area contributed by atoms with Crippen molar-refractivity contribution in [1.29, 1.82) is 0 Å². The van der Waals surface area contributed by atoms with Crippen LogP contribution in [-0.2, 0) is 28.8 Å². The topological polar surface area (TPSA) is 65.7 Å². The van der Waals surface area contributed by atoms with Gasteiger partial charge in [-0.1, -0.05) is 26.2 Å². The molecule has 1 heterocycles. The fourth-order valence-electron chi connectivity index (χ4n) is 3.81. The molecule has 1 aliphatic carbocycles. The van der Waals surface area contributed by atoms with Gasteiger partial charge < -0.3 is 13.9 Å². The fraction of sp³-hybridized carbons (Fsp3) is 0.545. The molecular weight excluding hydrogens is 344 g/mol. The molecule has 1 aromatic carbocycles. The number of unbranched alkanes of at least 4 members (excludes halogenated alkanes) is 3. The van der Waals surface area contributed by atoms with Gasteiger partial charge in [0.1, 0.15) is 11.3 Å². The molecule has 3 rings (SSSR count). The molecule has 1 atom stereocenters. The highest BCUT2D eigenvalue weighted by Gasteiger charge is 2.22. The lowest BCUT2D eigenvalue weighted by Crippen LogP contribution is -2.25. The Morgan fingerprint density at radius 3 is 2.70 bits per heavy atom. The highest BCUT2D eigenvalue weighted by atomic mass is 16.6. The Labute approximate surface area is 159 Å². The van der Waals surface area contributed by atoms with Crippen LogP contribution in [0, 0.1) is 0 Å². The normalized spacial score (nSPS) is 14.2. The molecule has 146 valence electrons. The number of carbonyl (C=O) groups is 1. The third-order valence-corrected chi connectivity index (χ3v) is 5.29. The Kier molecular flexibility index (Phi) is 6.19. The number of methoxy groups -OCH3 is 1. The van der Waals surface area contributed by atoms with Crippen molar-refractivity contribution in [2.75, 3.05) is 7.11 Å². The van der Waals surface area contributed by atoms with Gasteiger partial charge in [-0.05, 0) is 56.2 Å². The number of ether oxygens (including phenoxy) is 2. The molecule has 5 heteroatoms. The predicted molar refractivity (Wildman–Crippen MR) is 104 cm³/mol. The summed E-state index contributed by atoms with van der Waals surface area (Å²) in [6.07, 6.45) is 7.43. The van der Waals surface area contributed by atoms with Crippen molar-refractivity contribution < 1.29 is 18.7 Å². The molecule has 0 amide bonds. The van der Waals surface area contributed by atoms with Crippen molar-refractivity contribution in [1.82, 2.24) is 0 Å². The zero-order valence-electron chi connectivity index (χ0n) is 16.4. The van der Waals surface area contributed by atoms with Gasteiger partial charge in [0, 0.05) is 17.0 Å². The number of benzene rings is 1. The summed E-state index contributed by atoms with van der Waals surface area (Å²) >= 11 is 0. The maximum absolute atomic E-state index is 12.3. The third-order valence-electron chi connectivity index (χ3n) is 5.29. The minimum absolute atomic E-state index is 0.252. The molecule has 0 fully saturated rings. The van der Waals surface area contributed by atoms with Gasteiger partial charge in [-0.15, -0.1) is 0 Å². The van der Waals surface area contributed by atoms with Gasteiger partial charge >= 0.3 is 11.6 Å². The van der Waals surface area contributed by atoms with Crippen molar-refractivity contribution in [3.63, 3.8) is 0 Å². The monoisotopic (exact) mass is 372 g/mol. The maximum atomic E-state index is 12.3. The molecule has 0 aliphatic heterocycles. The molecule has 27 heavy (non-hydrogen) atoms. The molecule has 0 saturated heterocycles. The quantitative estimate of drug-likeness (QED) is 0.392. The number of carbonyl (C=O) groups excluding carboxylic acids is 1. The van der Waals surface area contributed by atoms with Gasteiger partial charge in [-0.2, -0.15) is 0 Å². The summed E-state index contributed by atoms with van der Waals surface area (Å²) in [6.45, 7) is 3.85. The second-order valence-corrected chi connectivity index (χ2v) is 7.25. The van der Waals surface area contributed by atoms with E-state index in [4.69, 9.17) is 13.9 Å².